The van der Waals surface area contributed by atoms with Crippen LogP contribution in [0.3, 0.4) is 0 Å². The standard InChI is InChI=1S/C9H13N3.HI/c1-7-3-9(5-11-4-7)6-12-8(2)10;/h3-5H,6H2,1-2H3,(H2,10,12);1H. The number of nitrogens with two attached hydrogens (primary N) is 1. The number of aromatic nitrogens is 1. The summed E-state index contributed by atoms with van der Waals surface area (Å²) in [5.74, 6) is 0.608. The molecular formula is C9H14IN3. The summed E-state index contributed by atoms with van der Waals surface area (Å²) in [6.45, 7) is 4.41. The van der Waals surface area contributed by atoms with E-state index in [-0.39, 0.29) is 24.0 Å². The number of amidine groups is 1. The minimum absolute atomic E-state index is 0. The fraction of sp³-hybridized carbons (Fsp3) is 0.333. The molecule has 0 atom stereocenters. The van der Waals surface area contributed by atoms with Gasteiger partial charge in [-0.3, -0.25) is 9.98 Å². The van der Waals surface area contributed by atoms with Crippen LogP contribution in [-0.2, 0) is 6.54 Å². The van der Waals surface area contributed by atoms with E-state index in [1.807, 2.05) is 13.1 Å². The fourth-order valence-electron chi connectivity index (χ4n) is 0.920. The average molecular weight is 291 g/mol. The summed E-state index contributed by atoms with van der Waals surface area (Å²) in [5.41, 5.74) is 7.66. The summed E-state index contributed by atoms with van der Waals surface area (Å²) in [6.07, 6.45) is 3.63. The molecule has 3 nitrogen and oxygen atoms in total. The molecule has 72 valence electrons. The van der Waals surface area contributed by atoms with Crippen molar-refractivity contribution in [2.75, 3.05) is 0 Å². The Bertz CT molecular complexity index is 293. The first-order valence-electron chi connectivity index (χ1n) is 3.85. The van der Waals surface area contributed by atoms with Gasteiger partial charge < -0.3 is 5.73 Å². The van der Waals surface area contributed by atoms with Crippen molar-refractivity contribution in [2.45, 2.75) is 20.4 Å². The van der Waals surface area contributed by atoms with Crippen molar-refractivity contribution < 1.29 is 0 Å². The number of aryl methyl sites for hydroxylation is 1. The van der Waals surface area contributed by atoms with Gasteiger partial charge in [0.1, 0.15) is 0 Å². The van der Waals surface area contributed by atoms with Crippen molar-refractivity contribution >= 4 is 29.8 Å². The maximum atomic E-state index is 5.41. The fourth-order valence-corrected chi connectivity index (χ4v) is 0.920. The number of halogens is 1. The molecule has 0 spiro atoms. The van der Waals surface area contributed by atoms with Crippen molar-refractivity contribution in [3.8, 4) is 0 Å². The van der Waals surface area contributed by atoms with Crippen LogP contribution in [-0.4, -0.2) is 10.8 Å². The predicted molar refractivity (Wildman–Crippen MR) is 65.4 cm³/mol. The number of rotatable bonds is 2. The highest BCUT2D eigenvalue weighted by molar-refractivity contribution is 14.0. The molecule has 1 aromatic rings. The second-order valence-corrected chi connectivity index (χ2v) is 2.83. The summed E-state index contributed by atoms with van der Waals surface area (Å²) in [7, 11) is 0. The summed E-state index contributed by atoms with van der Waals surface area (Å²) in [6, 6.07) is 2.06. The first kappa shape index (κ1) is 12.3. The van der Waals surface area contributed by atoms with E-state index in [0.717, 1.165) is 11.1 Å². The van der Waals surface area contributed by atoms with Gasteiger partial charge in [-0.15, -0.1) is 24.0 Å². The van der Waals surface area contributed by atoms with E-state index in [1.165, 1.54) is 0 Å². The maximum absolute atomic E-state index is 5.41. The topological polar surface area (TPSA) is 51.3 Å². The molecule has 0 fully saturated rings. The van der Waals surface area contributed by atoms with Crippen molar-refractivity contribution in [2.24, 2.45) is 10.7 Å². The molecule has 0 aliphatic carbocycles. The van der Waals surface area contributed by atoms with E-state index in [4.69, 9.17) is 5.73 Å². The molecule has 1 heterocycles. The van der Waals surface area contributed by atoms with Crippen LogP contribution in [0.25, 0.3) is 0 Å². The van der Waals surface area contributed by atoms with Gasteiger partial charge in [-0.1, -0.05) is 6.07 Å². The van der Waals surface area contributed by atoms with Crippen molar-refractivity contribution in [3.05, 3.63) is 29.6 Å². The van der Waals surface area contributed by atoms with Gasteiger partial charge in [-0.25, -0.2) is 0 Å². The van der Waals surface area contributed by atoms with Gasteiger partial charge in [0.05, 0.1) is 12.4 Å². The Morgan fingerprint density at radius 3 is 2.77 bits per heavy atom. The molecule has 0 aliphatic heterocycles. The first-order valence-corrected chi connectivity index (χ1v) is 3.85. The van der Waals surface area contributed by atoms with E-state index in [1.54, 1.807) is 13.1 Å². The number of pyridine rings is 1. The maximum Gasteiger partial charge on any atom is 0.0909 e. The average Bonchev–Trinajstić information content (AvgIpc) is 2.01. The summed E-state index contributed by atoms with van der Waals surface area (Å²) < 4.78 is 0. The minimum Gasteiger partial charge on any atom is -0.388 e. The molecule has 13 heavy (non-hydrogen) atoms. The third-order valence-electron chi connectivity index (χ3n) is 1.44. The van der Waals surface area contributed by atoms with Gasteiger partial charge in [-0.2, -0.15) is 0 Å². The van der Waals surface area contributed by atoms with E-state index in [2.05, 4.69) is 16.0 Å². The second-order valence-electron chi connectivity index (χ2n) is 2.83. The van der Waals surface area contributed by atoms with Crippen LogP contribution in [0.1, 0.15) is 18.1 Å². The molecule has 0 saturated heterocycles. The van der Waals surface area contributed by atoms with Crippen LogP contribution in [0.4, 0.5) is 0 Å². The first-order chi connectivity index (χ1) is 5.68. The van der Waals surface area contributed by atoms with E-state index >= 15 is 0 Å². The molecule has 0 bridgehead atoms. The Kier molecular flexibility index (Phi) is 5.61. The highest BCUT2D eigenvalue weighted by Gasteiger charge is 1.91. The number of hydrogen-bond acceptors (Lipinski definition) is 2. The van der Waals surface area contributed by atoms with Gasteiger partial charge in [-0.05, 0) is 25.0 Å². The molecule has 0 aliphatic rings. The predicted octanol–water partition coefficient (Wildman–Crippen LogP) is 1.89. The van der Waals surface area contributed by atoms with Gasteiger partial charge in [0.15, 0.2) is 0 Å². The lowest BCUT2D eigenvalue weighted by Crippen LogP contribution is -2.05. The summed E-state index contributed by atoms with van der Waals surface area (Å²) >= 11 is 0. The van der Waals surface area contributed by atoms with Gasteiger partial charge in [0, 0.05) is 12.4 Å². The Labute approximate surface area is 95.5 Å². The number of aliphatic imine (C=N–C) groups is 1. The van der Waals surface area contributed by atoms with E-state index < -0.39 is 0 Å². The van der Waals surface area contributed by atoms with Crippen LogP contribution in [0.5, 0.6) is 0 Å². The SMILES string of the molecule is CC(N)=NCc1cncc(C)c1.I. The minimum atomic E-state index is 0. The second kappa shape index (κ2) is 5.90. The van der Waals surface area contributed by atoms with Gasteiger partial charge >= 0.3 is 0 Å². The van der Waals surface area contributed by atoms with Crippen molar-refractivity contribution in [1.29, 1.82) is 0 Å². The third-order valence-corrected chi connectivity index (χ3v) is 1.44. The van der Waals surface area contributed by atoms with Crippen LogP contribution in [0.2, 0.25) is 0 Å². The molecule has 1 rings (SSSR count). The normalized spacial score (nSPS) is 10.8. The lowest BCUT2D eigenvalue weighted by Gasteiger charge is -1.97. The molecule has 1 aromatic heterocycles. The Balaban J connectivity index is 0.00000144. The monoisotopic (exact) mass is 291 g/mol. The lowest BCUT2D eigenvalue weighted by molar-refractivity contribution is 1.03. The van der Waals surface area contributed by atoms with Crippen molar-refractivity contribution in [3.63, 3.8) is 0 Å². The molecular weight excluding hydrogens is 277 g/mol. The highest BCUT2D eigenvalue weighted by Crippen LogP contribution is 2.02. The van der Waals surface area contributed by atoms with Crippen LogP contribution < -0.4 is 5.73 Å². The Hall–Kier alpha value is -0.650. The molecule has 0 unspecified atom stereocenters. The smallest absolute Gasteiger partial charge is 0.0909 e. The summed E-state index contributed by atoms with van der Waals surface area (Å²) in [5, 5.41) is 0. The van der Waals surface area contributed by atoms with Crippen LogP contribution in [0.15, 0.2) is 23.5 Å². The molecule has 2 N–H and O–H groups in total. The molecule has 0 saturated carbocycles. The quantitative estimate of drug-likeness (QED) is 0.514. The van der Waals surface area contributed by atoms with Gasteiger partial charge in [0.2, 0.25) is 0 Å². The zero-order valence-corrected chi connectivity index (χ0v) is 10.1. The lowest BCUT2D eigenvalue weighted by atomic mass is 10.2. The summed E-state index contributed by atoms with van der Waals surface area (Å²) in [4.78, 5) is 8.14. The van der Waals surface area contributed by atoms with E-state index in [9.17, 15) is 0 Å². The Morgan fingerprint density at radius 1 is 1.54 bits per heavy atom. The zero-order valence-electron chi connectivity index (χ0n) is 7.82. The largest absolute Gasteiger partial charge is 0.388 e. The molecule has 4 heteroatoms. The van der Waals surface area contributed by atoms with Crippen LogP contribution in [0, 0.1) is 6.92 Å². The number of nitrogens with zero attached hydrogens (tertiary/aromatic N) is 2. The Morgan fingerprint density at radius 2 is 2.23 bits per heavy atom. The molecule has 0 amide bonds. The van der Waals surface area contributed by atoms with Crippen molar-refractivity contribution in [1.82, 2.24) is 4.98 Å². The van der Waals surface area contributed by atoms with E-state index in [0.29, 0.717) is 12.4 Å². The highest BCUT2D eigenvalue weighted by atomic mass is 127. The number of hydrogen-bond donors (Lipinski definition) is 1. The molecule has 0 radical (unpaired) electrons. The molecule has 0 aromatic carbocycles. The third kappa shape index (κ3) is 4.82. The van der Waals surface area contributed by atoms with Crippen LogP contribution >= 0.6 is 24.0 Å². The zero-order chi connectivity index (χ0) is 8.97. The van der Waals surface area contributed by atoms with Gasteiger partial charge in [0.25, 0.3) is 0 Å².